The molecule has 0 radical (unpaired) electrons. The van der Waals surface area contributed by atoms with Gasteiger partial charge in [-0.3, -0.25) is 4.99 Å². The van der Waals surface area contributed by atoms with E-state index in [4.69, 9.17) is 9.47 Å². The lowest BCUT2D eigenvalue weighted by Crippen LogP contribution is -2.10. The van der Waals surface area contributed by atoms with Crippen molar-refractivity contribution in [2.45, 2.75) is 0 Å². The van der Waals surface area contributed by atoms with Crippen LogP contribution in [-0.2, 0) is 9.47 Å². The van der Waals surface area contributed by atoms with Crippen molar-refractivity contribution in [3.8, 4) is 0 Å². The van der Waals surface area contributed by atoms with Crippen molar-refractivity contribution < 1.29 is 14.3 Å². The molecule has 1 heterocycles. The first-order valence-corrected chi connectivity index (χ1v) is 4.48. The summed E-state index contributed by atoms with van der Waals surface area (Å²) in [5.74, 6) is -0.315. The van der Waals surface area contributed by atoms with Gasteiger partial charge >= 0.3 is 11.9 Å². The monoisotopic (exact) mass is 203 g/mol. The van der Waals surface area contributed by atoms with Gasteiger partial charge in [-0.25, -0.2) is 4.79 Å². The van der Waals surface area contributed by atoms with E-state index in [1.807, 2.05) is 6.07 Å². The molecule has 0 aromatic heterocycles. The predicted molar refractivity (Wildman–Crippen MR) is 54.4 cm³/mol. The normalized spacial score (nSPS) is 14.0. The van der Waals surface area contributed by atoms with Gasteiger partial charge in [0.15, 0.2) is 0 Å². The highest BCUT2D eigenvalue weighted by atomic mass is 16.7. The third-order valence-corrected chi connectivity index (χ3v) is 1.79. The van der Waals surface area contributed by atoms with Crippen LogP contribution in [0.3, 0.4) is 0 Å². The molecule has 0 N–H and O–H groups in total. The SMILES string of the molecule is O=C(OC1=CN=CCO1)c1ccccc1. The number of rotatable bonds is 2. The summed E-state index contributed by atoms with van der Waals surface area (Å²) >= 11 is 0. The van der Waals surface area contributed by atoms with Crippen LogP contribution in [0.25, 0.3) is 0 Å². The Labute approximate surface area is 86.8 Å². The Morgan fingerprint density at radius 1 is 1.33 bits per heavy atom. The number of carbonyl (C=O) groups excluding carboxylic acids is 1. The van der Waals surface area contributed by atoms with Gasteiger partial charge in [0.25, 0.3) is 0 Å². The molecule has 0 aliphatic carbocycles. The Hall–Kier alpha value is -2.10. The van der Waals surface area contributed by atoms with Gasteiger partial charge in [-0.2, -0.15) is 0 Å². The van der Waals surface area contributed by atoms with Crippen molar-refractivity contribution in [2.24, 2.45) is 4.99 Å². The summed E-state index contributed by atoms with van der Waals surface area (Å²) < 4.78 is 10.0. The van der Waals surface area contributed by atoms with Crippen LogP contribution >= 0.6 is 0 Å². The molecule has 0 saturated heterocycles. The summed E-state index contributed by atoms with van der Waals surface area (Å²) in [6, 6.07) is 8.72. The molecule has 0 atom stereocenters. The molecule has 76 valence electrons. The highest BCUT2D eigenvalue weighted by molar-refractivity contribution is 5.89. The molecule has 0 unspecified atom stereocenters. The fourth-order valence-corrected chi connectivity index (χ4v) is 1.09. The molecule has 0 amide bonds. The third kappa shape index (κ3) is 2.43. The standard InChI is InChI=1S/C11H9NO3/c13-11(9-4-2-1-3-5-9)15-10-8-12-6-7-14-10/h1-6,8H,7H2. The van der Waals surface area contributed by atoms with E-state index in [0.717, 1.165) is 0 Å². The minimum absolute atomic E-state index is 0.131. The molecule has 1 aliphatic heterocycles. The number of hydrogen-bond acceptors (Lipinski definition) is 4. The average Bonchev–Trinajstić information content (AvgIpc) is 2.31. The summed E-state index contributed by atoms with van der Waals surface area (Å²) in [6.45, 7) is 0.327. The summed E-state index contributed by atoms with van der Waals surface area (Å²) in [5, 5.41) is 0. The van der Waals surface area contributed by atoms with Gasteiger partial charge in [-0.1, -0.05) is 18.2 Å². The van der Waals surface area contributed by atoms with Gasteiger partial charge in [0, 0.05) is 6.21 Å². The minimum Gasteiger partial charge on any atom is -0.458 e. The van der Waals surface area contributed by atoms with Crippen molar-refractivity contribution in [1.29, 1.82) is 0 Å². The molecule has 0 fully saturated rings. The zero-order valence-electron chi connectivity index (χ0n) is 7.92. The maximum atomic E-state index is 11.5. The molecular formula is C11H9NO3. The van der Waals surface area contributed by atoms with Gasteiger partial charge in [0.1, 0.15) is 12.8 Å². The van der Waals surface area contributed by atoms with Crippen LogP contribution in [0.4, 0.5) is 0 Å². The van der Waals surface area contributed by atoms with Gasteiger partial charge in [-0.05, 0) is 12.1 Å². The Bertz CT molecular complexity index is 409. The summed E-state index contributed by atoms with van der Waals surface area (Å²) in [7, 11) is 0. The second-order valence-corrected chi connectivity index (χ2v) is 2.85. The Morgan fingerprint density at radius 3 is 2.80 bits per heavy atom. The second kappa shape index (κ2) is 4.41. The number of carbonyl (C=O) groups is 1. The van der Waals surface area contributed by atoms with E-state index in [9.17, 15) is 4.79 Å². The van der Waals surface area contributed by atoms with Crippen LogP contribution in [0.15, 0.2) is 47.5 Å². The lowest BCUT2D eigenvalue weighted by atomic mass is 10.2. The minimum atomic E-state index is -0.445. The molecule has 15 heavy (non-hydrogen) atoms. The van der Waals surface area contributed by atoms with E-state index in [1.54, 1.807) is 30.5 Å². The third-order valence-electron chi connectivity index (χ3n) is 1.79. The van der Waals surface area contributed by atoms with Crippen molar-refractivity contribution >= 4 is 12.2 Å². The number of aliphatic imine (C=N–C) groups is 1. The molecule has 0 bridgehead atoms. The van der Waals surface area contributed by atoms with Crippen LogP contribution in [0.5, 0.6) is 0 Å². The molecule has 4 heteroatoms. The first-order valence-electron chi connectivity index (χ1n) is 4.48. The number of benzene rings is 1. The zero-order chi connectivity index (χ0) is 10.5. The molecule has 2 rings (SSSR count). The molecule has 1 aliphatic rings. The van der Waals surface area contributed by atoms with Gasteiger partial charge in [-0.15, -0.1) is 0 Å². The van der Waals surface area contributed by atoms with Crippen molar-refractivity contribution in [3.63, 3.8) is 0 Å². The van der Waals surface area contributed by atoms with E-state index in [-0.39, 0.29) is 5.95 Å². The summed E-state index contributed by atoms with van der Waals surface area (Å²) in [6.07, 6.45) is 2.95. The van der Waals surface area contributed by atoms with Crippen LogP contribution in [0.2, 0.25) is 0 Å². The fourth-order valence-electron chi connectivity index (χ4n) is 1.09. The van der Waals surface area contributed by atoms with Crippen LogP contribution < -0.4 is 0 Å². The average molecular weight is 203 g/mol. The topological polar surface area (TPSA) is 47.9 Å². The molecule has 0 spiro atoms. The van der Waals surface area contributed by atoms with E-state index < -0.39 is 5.97 Å². The van der Waals surface area contributed by atoms with E-state index >= 15 is 0 Å². The van der Waals surface area contributed by atoms with Crippen molar-refractivity contribution in [1.82, 2.24) is 0 Å². The van der Waals surface area contributed by atoms with Crippen molar-refractivity contribution in [3.05, 3.63) is 48.0 Å². The molecular weight excluding hydrogens is 194 g/mol. The van der Waals surface area contributed by atoms with Gasteiger partial charge in [0.05, 0.1) is 5.56 Å². The first kappa shape index (κ1) is 9.45. The highest BCUT2D eigenvalue weighted by Crippen LogP contribution is 2.08. The quantitative estimate of drug-likeness (QED) is 0.688. The smallest absolute Gasteiger partial charge is 0.345 e. The van der Waals surface area contributed by atoms with Crippen molar-refractivity contribution in [2.75, 3.05) is 6.61 Å². The maximum Gasteiger partial charge on any atom is 0.345 e. The first-order chi connectivity index (χ1) is 7.36. The number of hydrogen-bond donors (Lipinski definition) is 0. The van der Waals surface area contributed by atoms with E-state index in [1.165, 1.54) is 6.20 Å². The molecule has 1 aromatic carbocycles. The van der Waals surface area contributed by atoms with Crippen LogP contribution in [0.1, 0.15) is 10.4 Å². The lowest BCUT2D eigenvalue weighted by Gasteiger charge is -2.09. The number of nitrogens with zero attached hydrogens (tertiary/aromatic N) is 1. The van der Waals surface area contributed by atoms with Gasteiger partial charge in [0.2, 0.25) is 0 Å². The lowest BCUT2D eigenvalue weighted by molar-refractivity contribution is 0.0315. The Balaban J connectivity index is 2.04. The Morgan fingerprint density at radius 2 is 2.13 bits per heavy atom. The second-order valence-electron chi connectivity index (χ2n) is 2.85. The molecule has 4 nitrogen and oxygen atoms in total. The fraction of sp³-hybridized carbons (Fsp3) is 0.0909. The van der Waals surface area contributed by atoms with Crippen LogP contribution in [0, 0.1) is 0 Å². The molecule has 0 saturated carbocycles. The predicted octanol–water partition coefficient (Wildman–Crippen LogP) is 1.74. The highest BCUT2D eigenvalue weighted by Gasteiger charge is 2.11. The largest absolute Gasteiger partial charge is 0.458 e. The Kier molecular flexibility index (Phi) is 2.78. The van der Waals surface area contributed by atoms with E-state index in [0.29, 0.717) is 12.2 Å². The summed E-state index contributed by atoms with van der Waals surface area (Å²) in [5.41, 5.74) is 0.483. The van der Waals surface area contributed by atoms with Crippen LogP contribution in [-0.4, -0.2) is 18.8 Å². The van der Waals surface area contributed by atoms with E-state index in [2.05, 4.69) is 4.99 Å². The van der Waals surface area contributed by atoms with Gasteiger partial charge < -0.3 is 9.47 Å². The number of ether oxygens (including phenoxy) is 2. The zero-order valence-corrected chi connectivity index (χ0v) is 7.92. The summed E-state index contributed by atoms with van der Waals surface area (Å²) in [4.78, 5) is 15.3. The molecule has 1 aromatic rings. The maximum absolute atomic E-state index is 11.5. The number of esters is 1.